The zero-order valence-corrected chi connectivity index (χ0v) is 23.4. The first kappa shape index (κ1) is 28.4. The number of nitrogens with one attached hydrogen (secondary N) is 1. The summed E-state index contributed by atoms with van der Waals surface area (Å²) in [4.78, 5) is 46.8. The first-order valence-electron chi connectivity index (χ1n) is 14.0. The van der Waals surface area contributed by atoms with E-state index in [1.807, 2.05) is 9.80 Å². The number of methoxy groups -OCH3 is 1. The predicted octanol–water partition coefficient (Wildman–Crippen LogP) is 2.54. The number of nitrogens with zero attached hydrogens (tertiary/aromatic N) is 3. The standard InChI is InChI=1S/C29H44N4O5/c1-29(2,3)18-26(34)32(20-24-10-6-15-38-24)22-17-25(28(36)31-13-7-11-30-12-14-31)33(19-22)27(35)21-8-5-9-23(16-21)37-4/h5,8-9,16,22,24-25,30H,6-7,10-15,17-20H2,1-4H3. The van der Waals surface area contributed by atoms with Crippen LogP contribution in [0.2, 0.25) is 0 Å². The van der Waals surface area contributed by atoms with Crippen molar-refractivity contribution in [3.05, 3.63) is 29.8 Å². The van der Waals surface area contributed by atoms with Gasteiger partial charge in [0.05, 0.1) is 19.3 Å². The second-order valence-corrected chi connectivity index (χ2v) is 11.9. The molecule has 210 valence electrons. The number of amides is 3. The Labute approximate surface area is 226 Å². The van der Waals surface area contributed by atoms with Gasteiger partial charge in [0.15, 0.2) is 0 Å². The summed E-state index contributed by atoms with van der Waals surface area (Å²) in [5.41, 5.74) is 0.307. The van der Waals surface area contributed by atoms with Crippen molar-refractivity contribution in [2.75, 3.05) is 53.0 Å². The lowest BCUT2D eigenvalue weighted by Crippen LogP contribution is -2.48. The van der Waals surface area contributed by atoms with Crippen molar-refractivity contribution in [1.29, 1.82) is 0 Å². The summed E-state index contributed by atoms with van der Waals surface area (Å²) in [5.74, 6) is 0.401. The Kier molecular flexibility index (Phi) is 9.31. The quantitative estimate of drug-likeness (QED) is 0.585. The molecule has 3 amide bonds. The van der Waals surface area contributed by atoms with Crippen LogP contribution in [0.25, 0.3) is 0 Å². The Morgan fingerprint density at radius 2 is 1.97 bits per heavy atom. The molecule has 3 fully saturated rings. The highest BCUT2D eigenvalue weighted by Crippen LogP contribution is 2.30. The van der Waals surface area contributed by atoms with Crippen LogP contribution in [-0.2, 0) is 14.3 Å². The summed E-state index contributed by atoms with van der Waals surface area (Å²) in [5, 5.41) is 3.34. The molecule has 3 saturated heterocycles. The Hall–Kier alpha value is -2.65. The van der Waals surface area contributed by atoms with Crippen LogP contribution in [-0.4, -0.2) is 104 Å². The molecule has 3 atom stereocenters. The van der Waals surface area contributed by atoms with Gasteiger partial charge in [-0.25, -0.2) is 0 Å². The van der Waals surface area contributed by atoms with Crippen molar-refractivity contribution >= 4 is 17.7 Å². The first-order chi connectivity index (χ1) is 18.2. The smallest absolute Gasteiger partial charge is 0.254 e. The number of likely N-dealkylation sites (tertiary alicyclic amines) is 1. The minimum atomic E-state index is -0.619. The van der Waals surface area contributed by atoms with Gasteiger partial charge in [0.1, 0.15) is 11.8 Å². The molecule has 1 N–H and O–H groups in total. The fourth-order valence-electron chi connectivity index (χ4n) is 5.71. The SMILES string of the molecule is COc1cccc(C(=O)N2CC(N(CC3CCCO3)C(=O)CC(C)(C)C)CC2C(=O)N2CCCNCC2)c1. The molecule has 1 aromatic rings. The highest BCUT2D eigenvalue weighted by molar-refractivity contribution is 5.98. The molecule has 3 aliphatic heterocycles. The molecule has 1 aromatic carbocycles. The van der Waals surface area contributed by atoms with Crippen LogP contribution in [0, 0.1) is 5.41 Å². The van der Waals surface area contributed by atoms with E-state index in [9.17, 15) is 14.4 Å². The van der Waals surface area contributed by atoms with E-state index in [-0.39, 0.29) is 35.3 Å². The molecule has 0 radical (unpaired) electrons. The average Bonchev–Trinajstić information content (AvgIpc) is 3.48. The summed E-state index contributed by atoms with van der Waals surface area (Å²) in [7, 11) is 1.57. The predicted molar refractivity (Wildman–Crippen MR) is 145 cm³/mol. The van der Waals surface area contributed by atoms with E-state index in [1.54, 1.807) is 36.3 Å². The maximum atomic E-state index is 13.9. The maximum Gasteiger partial charge on any atom is 0.254 e. The van der Waals surface area contributed by atoms with Crippen LogP contribution >= 0.6 is 0 Å². The van der Waals surface area contributed by atoms with E-state index in [0.29, 0.717) is 56.9 Å². The molecule has 0 bridgehead atoms. The minimum Gasteiger partial charge on any atom is -0.497 e. The molecule has 0 spiro atoms. The number of benzene rings is 1. The van der Waals surface area contributed by atoms with E-state index in [1.165, 1.54) is 0 Å². The number of hydrogen-bond acceptors (Lipinski definition) is 6. The minimum absolute atomic E-state index is 0.00659. The van der Waals surface area contributed by atoms with E-state index >= 15 is 0 Å². The van der Waals surface area contributed by atoms with Crippen molar-refractivity contribution in [3.8, 4) is 5.75 Å². The fraction of sp³-hybridized carbons (Fsp3) is 0.690. The molecule has 0 aromatic heterocycles. The molecule has 0 saturated carbocycles. The third kappa shape index (κ3) is 7.05. The fourth-order valence-corrected chi connectivity index (χ4v) is 5.71. The Balaban J connectivity index is 1.62. The molecule has 9 nitrogen and oxygen atoms in total. The van der Waals surface area contributed by atoms with Crippen molar-refractivity contribution < 1.29 is 23.9 Å². The number of hydrogen-bond donors (Lipinski definition) is 1. The zero-order chi connectivity index (χ0) is 27.3. The molecule has 3 unspecified atom stereocenters. The summed E-state index contributed by atoms with van der Waals surface area (Å²) in [6.07, 6.45) is 3.61. The Morgan fingerprint density at radius 3 is 2.68 bits per heavy atom. The lowest BCUT2D eigenvalue weighted by molar-refractivity contribution is -0.138. The summed E-state index contributed by atoms with van der Waals surface area (Å²) in [6.45, 7) is 10.6. The van der Waals surface area contributed by atoms with E-state index in [0.717, 1.165) is 32.4 Å². The normalized spacial score (nSPS) is 24.3. The monoisotopic (exact) mass is 528 g/mol. The largest absolute Gasteiger partial charge is 0.497 e. The van der Waals surface area contributed by atoms with Crippen LogP contribution in [0.4, 0.5) is 0 Å². The molecular formula is C29H44N4O5. The molecule has 3 aliphatic rings. The van der Waals surface area contributed by atoms with Gasteiger partial charge in [-0.3, -0.25) is 14.4 Å². The molecule has 38 heavy (non-hydrogen) atoms. The Bertz CT molecular complexity index is 979. The van der Waals surface area contributed by atoms with Gasteiger partial charge in [0.25, 0.3) is 5.91 Å². The van der Waals surface area contributed by atoms with Crippen molar-refractivity contribution in [2.24, 2.45) is 5.41 Å². The van der Waals surface area contributed by atoms with Crippen LogP contribution < -0.4 is 10.1 Å². The van der Waals surface area contributed by atoms with Crippen LogP contribution in [0.3, 0.4) is 0 Å². The van der Waals surface area contributed by atoms with Crippen molar-refractivity contribution in [2.45, 2.75) is 71.1 Å². The third-order valence-electron chi connectivity index (χ3n) is 7.66. The second-order valence-electron chi connectivity index (χ2n) is 11.9. The number of ether oxygens (including phenoxy) is 2. The van der Waals surface area contributed by atoms with Gasteiger partial charge in [0, 0.05) is 51.3 Å². The molecule has 9 heteroatoms. The van der Waals surface area contributed by atoms with Crippen LogP contribution in [0.1, 0.15) is 63.2 Å². The molecular weight excluding hydrogens is 484 g/mol. The van der Waals surface area contributed by atoms with Crippen molar-refractivity contribution in [3.63, 3.8) is 0 Å². The lowest BCUT2D eigenvalue weighted by atomic mass is 9.91. The van der Waals surface area contributed by atoms with Crippen LogP contribution in [0.5, 0.6) is 5.75 Å². The number of carbonyl (C=O) groups excluding carboxylic acids is 3. The maximum absolute atomic E-state index is 13.9. The Morgan fingerprint density at radius 1 is 1.16 bits per heavy atom. The van der Waals surface area contributed by atoms with Crippen molar-refractivity contribution in [1.82, 2.24) is 20.0 Å². The number of rotatable bonds is 7. The summed E-state index contributed by atoms with van der Waals surface area (Å²) < 4.78 is 11.2. The molecule has 4 rings (SSSR count). The van der Waals surface area contributed by atoms with Gasteiger partial charge in [-0.05, 0) is 55.8 Å². The number of carbonyl (C=O) groups is 3. The van der Waals surface area contributed by atoms with Gasteiger partial charge in [-0.15, -0.1) is 0 Å². The molecule has 3 heterocycles. The topological polar surface area (TPSA) is 91.4 Å². The second kappa shape index (κ2) is 12.5. The highest BCUT2D eigenvalue weighted by atomic mass is 16.5. The lowest BCUT2D eigenvalue weighted by Gasteiger charge is -2.33. The average molecular weight is 529 g/mol. The zero-order valence-electron chi connectivity index (χ0n) is 23.4. The summed E-state index contributed by atoms with van der Waals surface area (Å²) >= 11 is 0. The van der Waals surface area contributed by atoms with Gasteiger partial charge < -0.3 is 29.5 Å². The molecule has 0 aliphatic carbocycles. The summed E-state index contributed by atoms with van der Waals surface area (Å²) in [6, 6.07) is 6.18. The van der Waals surface area contributed by atoms with Gasteiger partial charge >= 0.3 is 0 Å². The van der Waals surface area contributed by atoms with E-state index in [2.05, 4.69) is 26.1 Å². The van der Waals surface area contributed by atoms with E-state index in [4.69, 9.17) is 9.47 Å². The van der Waals surface area contributed by atoms with E-state index < -0.39 is 6.04 Å². The van der Waals surface area contributed by atoms with Gasteiger partial charge in [0.2, 0.25) is 11.8 Å². The highest BCUT2D eigenvalue weighted by Gasteiger charge is 2.45. The van der Waals surface area contributed by atoms with Crippen LogP contribution in [0.15, 0.2) is 24.3 Å². The third-order valence-corrected chi connectivity index (χ3v) is 7.66. The van der Waals surface area contributed by atoms with Gasteiger partial charge in [-0.2, -0.15) is 0 Å². The first-order valence-corrected chi connectivity index (χ1v) is 14.0. The van der Waals surface area contributed by atoms with Gasteiger partial charge in [-0.1, -0.05) is 26.8 Å².